The Morgan fingerprint density at radius 3 is 2.36 bits per heavy atom. The predicted octanol–water partition coefficient (Wildman–Crippen LogP) is 3.79. The molecule has 0 amide bonds. The van der Waals surface area contributed by atoms with Gasteiger partial charge in [-0.25, -0.2) is 5.84 Å². The van der Waals surface area contributed by atoms with Gasteiger partial charge < -0.3 is 39.0 Å². The highest BCUT2D eigenvalue weighted by molar-refractivity contribution is 9.10. The molecule has 0 radical (unpaired) electrons. The number of nitrogens with zero attached hydrogens (tertiary/aromatic N) is 1. The van der Waals surface area contributed by atoms with Crippen LogP contribution in [0.25, 0.3) is 0 Å². The number of ether oxygens (including phenoxy) is 5. The van der Waals surface area contributed by atoms with Gasteiger partial charge in [0.15, 0.2) is 0 Å². The standard InChI is InChI=1S/C22H39BrN3O6P/c1-22(2,7-9-27-3)31-16-33(6)32-10-8-26(25)13-18(24)15-30-14-17-11-19(28-4)21(23)20(12-17)29-5/h11-13H,7-10,14-16,24-25H2,1-6H3/b18-13-. The molecule has 190 valence electrons. The minimum atomic E-state index is -0.703. The summed E-state index contributed by atoms with van der Waals surface area (Å²) >= 11 is 3.45. The Morgan fingerprint density at radius 1 is 1.15 bits per heavy atom. The van der Waals surface area contributed by atoms with E-state index in [-0.39, 0.29) is 12.2 Å². The van der Waals surface area contributed by atoms with Crippen LogP contribution < -0.4 is 21.1 Å². The fraction of sp³-hybridized carbons (Fsp3) is 0.636. The van der Waals surface area contributed by atoms with Crippen molar-refractivity contribution in [3.8, 4) is 11.5 Å². The van der Waals surface area contributed by atoms with Gasteiger partial charge in [-0.05, 0) is 60.6 Å². The molecule has 1 atom stereocenters. The monoisotopic (exact) mass is 551 g/mol. The van der Waals surface area contributed by atoms with Gasteiger partial charge in [-0.3, -0.25) is 0 Å². The quantitative estimate of drug-likeness (QED) is 0.169. The molecule has 0 aliphatic rings. The Balaban J connectivity index is 2.35. The van der Waals surface area contributed by atoms with Crippen molar-refractivity contribution in [2.45, 2.75) is 32.5 Å². The van der Waals surface area contributed by atoms with Gasteiger partial charge in [0.2, 0.25) is 0 Å². The van der Waals surface area contributed by atoms with Crippen LogP contribution in [-0.2, 0) is 25.3 Å². The lowest BCUT2D eigenvalue weighted by molar-refractivity contribution is -0.0155. The zero-order valence-electron chi connectivity index (χ0n) is 20.6. The number of hydrogen-bond acceptors (Lipinski definition) is 9. The number of hydrogen-bond donors (Lipinski definition) is 2. The molecule has 0 fully saturated rings. The first kappa shape index (κ1) is 29.9. The van der Waals surface area contributed by atoms with Crippen LogP contribution in [0.1, 0.15) is 25.8 Å². The maximum absolute atomic E-state index is 6.03. The van der Waals surface area contributed by atoms with Gasteiger partial charge in [0.05, 0.1) is 66.4 Å². The van der Waals surface area contributed by atoms with E-state index < -0.39 is 8.15 Å². The van der Waals surface area contributed by atoms with Gasteiger partial charge in [-0.1, -0.05) is 0 Å². The molecule has 1 aromatic rings. The van der Waals surface area contributed by atoms with Crippen molar-refractivity contribution < 1.29 is 28.2 Å². The van der Waals surface area contributed by atoms with Crippen molar-refractivity contribution in [2.75, 3.05) is 60.7 Å². The molecule has 0 saturated heterocycles. The summed E-state index contributed by atoms with van der Waals surface area (Å²) in [5.41, 5.74) is 7.21. The van der Waals surface area contributed by atoms with Crippen LogP contribution in [0.3, 0.4) is 0 Å². The zero-order chi connectivity index (χ0) is 24.9. The molecule has 11 heteroatoms. The Labute approximate surface area is 207 Å². The Kier molecular flexibility index (Phi) is 14.2. The van der Waals surface area contributed by atoms with E-state index in [1.807, 2.05) is 18.8 Å². The second-order valence-electron chi connectivity index (χ2n) is 7.99. The van der Waals surface area contributed by atoms with Crippen LogP contribution in [0.2, 0.25) is 0 Å². The summed E-state index contributed by atoms with van der Waals surface area (Å²) in [6.07, 6.45) is 3.04. The van der Waals surface area contributed by atoms with Crippen molar-refractivity contribution in [2.24, 2.45) is 11.6 Å². The van der Waals surface area contributed by atoms with Crippen LogP contribution in [-0.4, -0.2) is 71.3 Å². The lowest BCUT2D eigenvalue weighted by Gasteiger charge is -2.27. The maximum Gasteiger partial charge on any atom is 0.137 e. The van der Waals surface area contributed by atoms with Gasteiger partial charge >= 0.3 is 0 Å². The SMILES string of the molecule is COCCC(C)(C)OCP(C)OCCN(N)/C=C(\N)COCc1cc(OC)c(Br)c(OC)c1. The van der Waals surface area contributed by atoms with Crippen molar-refractivity contribution in [1.82, 2.24) is 5.01 Å². The zero-order valence-corrected chi connectivity index (χ0v) is 23.0. The average molecular weight is 552 g/mol. The molecule has 0 spiro atoms. The minimum Gasteiger partial charge on any atom is -0.495 e. The molecule has 0 bridgehead atoms. The second-order valence-corrected chi connectivity index (χ2v) is 10.6. The van der Waals surface area contributed by atoms with Gasteiger partial charge in [0, 0.05) is 19.9 Å². The summed E-state index contributed by atoms with van der Waals surface area (Å²) in [5, 5.41) is 1.50. The van der Waals surface area contributed by atoms with Crippen LogP contribution in [0.15, 0.2) is 28.5 Å². The van der Waals surface area contributed by atoms with E-state index in [1.54, 1.807) is 27.5 Å². The average Bonchev–Trinajstić information content (AvgIpc) is 2.77. The summed E-state index contributed by atoms with van der Waals surface area (Å²) in [7, 11) is 4.19. The van der Waals surface area contributed by atoms with Crippen molar-refractivity contribution in [3.05, 3.63) is 34.1 Å². The molecule has 4 N–H and O–H groups in total. The van der Waals surface area contributed by atoms with E-state index in [0.29, 0.717) is 49.9 Å². The first-order valence-electron chi connectivity index (χ1n) is 10.5. The highest BCUT2D eigenvalue weighted by atomic mass is 79.9. The number of nitrogens with two attached hydrogens (primary N) is 2. The first-order chi connectivity index (χ1) is 15.6. The van der Waals surface area contributed by atoms with E-state index in [2.05, 4.69) is 29.8 Å². The number of halogens is 1. The fourth-order valence-corrected chi connectivity index (χ4v) is 4.19. The number of methoxy groups -OCH3 is 3. The lowest BCUT2D eigenvalue weighted by atomic mass is 10.1. The first-order valence-corrected chi connectivity index (χ1v) is 13.2. The van der Waals surface area contributed by atoms with Crippen molar-refractivity contribution in [3.63, 3.8) is 0 Å². The molecular weight excluding hydrogens is 513 g/mol. The molecule has 9 nitrogen and oxygen atoms in total. The molecule has 0 heterocycles. The highest BCUT2D eigenvalue weighted by Gasteiger charge is 2.19. The second kappa shape index (κ2) is 15.7. The smallest absolute Gasteiger partial charge is 0.137 e. The summed E-state index contributed by atoms with van der Waals surface area (Å²) in [4.78, 5) is 0. The van der Waals surface area contributed by atoms with Gasteiger partial charge in [0.1, 0.15) is 16.0 Å². The molecule has 1 unspecified atom stereocenters. The van der Waals surface area contributed by atoms with Crippen LogP contribution in [0.5, 0.6) is 11.5 Å². The largest absolute Gasteiger partial charge is 0.495 e. The van der Waals surface area contributed by atoms with E-state index in [9.17, 15) is 0 Å². The minimum absolute atomic E-state index is 0.236. The van der Waals surface area contributed by atoms with Gasteiger partial charge in [0.25, 0.3) is 0 Å². The summed E-state index contributed by atoms with van der Waals surface area (Å²) in [6.45, 7) is 8.37. The molecule has 0 aliphatic heterocycles. The van der Waals surface area contributed by atoms with Crippen molar-refractivity contribution in [1.29, 1.82) is 0 Å². The Hall–Kier alpha value is -1.13. The third kappa shape index (κ3) is 12.2. The summed E-state index contributed by atoms with van der Waals surface area (Å²) in [6, 6.07) is 3.76. The molecule has 0 saturated carbocycles. The number of rotatable bonds is 17. The molecular formula is C22H39BrN3O6P. The van der Waals surface area contributed by atoms with Crippen LogP contribution in [0, 0.1) is 0 Å². The lowest BCUT2D eigenvalue weighted by Crippen LogP contribution is -2.30. The molecule has 0 aliphatic carbocycles. The van der Waals surface area contributed by atoms with Gasteiger partial charge in [-0.2, -0.15) is 0 Å². The summed E-state index contributed by atoms with van der Waals surface area (Å²) in [5.74, 6) is 7.34. The maximum atomic E-state index is 6.03. The predicted molar refractivity (Wildman–Crippen MR) is 135 cm³/mol. The molecule has 33 heavy (non-hydrogen) atoms. The van der Waals surface area contributed by atoms with E-state index in [4.69, 9.17) is 39.8 Å². The van der Waals surface area contributed by atoms with Crippen LogP contribution >= 0.6 is 24.1 Å². The van der Waals surface area contributed by atoms with E-state index in [0.717, 1.165) is 16.5 Å². The van der Waals surface area contributed by atoms with Crippen LogP contribution in [0.4, 0.5) is 0 Å². The third-order valence-electron chi connectivity index (χ3n) is 4.58. The highest BCUT2D eigenvalue weighted by Crippen LogP contribution is 2.36. The Morgan fingerprint density at radius 2 is 1.79 bits per heavy atom. The number of benzene rings is 1. The molecule has 1 aromatic carbocycles. The molecule has 1 rings (SSSR count). The summed E-state index contributed by atoms with van der Waals surface area (Å²) < 4.78 is 34.1. The van der Waals surface area contributed by atoms with Gasteiger partial charge in [-0.15, -0.1) is 0 Å². The van der Waals surface area contributed by atoms with Crippen molar-refractivity contribution >= 4 is 24.1 Å². The van der Waals surface area contributed by atoms with E-state index >= 15 is 0 Å². The topological polar surface area (TPSA) is 111 Å². The molecule has 0 aromatic heterocycles. The number of hydrazine groups is 1. The third-order valence-corrected chi connectivity index (χ3v) is 6.48. The van der Waals surface area contributed by atoms with E-state index in [1.165, 1.54) is 5.01 Å². The normalized spacial score (nSPS) is 13.2. The Bertz CT molecular complexity index is 713. The fourth-order valence-electron chi connectivity index (χ4n) is 2.63.